The Morgan fingerprint density at radius 2 is 1.38 bits per heavy atom. The van der Waals surface area contributed by atoms with Gasteiger partial charge in [-0.3, -0.25) is 13.7 Å². The lowest BCUT2D eigenvalue weighted by Gasteiger charge is -2.20. The Labute approximate surface area is 312 Å². The van der Waals surface area contributed by atoms with Crippen LogP contribution in [-0.4, -0.2) is 14.1 Å². The van der Waals surface area contributed by atoms with Gasteiger partial charge in [0.25, 0.3) is 6.33 Å². The van der Waals surface area contributed by atoms with Gasteiger partial charge in [-0.05, 0) is 106 Å². The summed E-state index contributed by atoms with van der Waals surface area (Å²) in [5.41, 5.74) is 10.8. The third-order valence-corrected chi connectivity index (χ3v) is 10.2. The molecule has 0 amide bonds. The van der Waals surface area contributed by atoms with E-state index in [1.807, 2.05) is 52.0 Å². The van der Waals surface area contributed by atoms with Crippen LogP contribution in [0.2, 0.25) is 0 Å². The molecule has 8 rings (SSSR count). The molecule has 0 spiro atoms. The Balaban J connectivity index is 1.08. The van der Waals surface area contributed by atoms with Crippen LogP contribution in [0.25, 0.3) is 50.1 Å². The Hall–Kier alpha value is -5.94. The topological polar surface area (TPSA) is 35.9 Å². The molecule has 5 nitrogen and oxygen atoms in total. The summed E-state index contributed by atoms with van der Waals surface area (Å²) in [4.78, 5) is 4.83. The highest BCUT2D eigenvalue weighted by Crippen LogP contribution is 2.38. The van der Waals surface area contributed by atoms with Crippen molar-refractivity contribution in [3.8, 4) is 39.8 Å². The van der Waals surface area contributed by atoms with Gasteiger partial charge in [-0.2, -0.15) is 0 Å². The maximum Gasteiger partial charge on any atom is 0.268 e. The van der Waals surface area contributed by atoms with Crippen LogP contribution in [0.4, 0.5) is 0 Å². The van der Waals surface area contributed by atoms with Crippen molar-refractivity contribution < 1.29 is 9.30 Å². The maximum absolute atomic E-state index is 6.55. The number of rotatable bonds is 8. The van der Waals surface area contributed by atoms with Crippen LogP contribution >= 0.6 is 0 Å². The van der Waals surface area contributed by atoms with Gasteiger partial charge in [0.1, 0.15) is 17.3 Å². The number of ether oxygens (including phenoxy) is 1. The van der Waals surface area contributed by atoms with E-state index in [0.29, 0.717) is 11.8 Å². The molecule has 5 aromatic carbocycles. The fourth-order valence-electron chi connectivity index (χ4n) is 7.38. The van der Waals surface area contributed by atoms with Gasteiger partial charge in [-0.15, -0.1) is 0 Å². The standard InChI is InChI=1S/C48H46N4O/c1-32(2)40-15-11-16-41(33(3)4)47(40)34-18-20-36(21-19-34)50-26-27-51(31-50)37-12-10-13-38(29-37)53-39-22-23-43-42-14-8-9-17-44(42)52(45(43)30-39)46-28-35(24-25-49-46)48(5,6)7/h8-30,32-33H,1-7H3. The minimum atomic E-state index is 0.00854. The number of benzene rings is 5. The van der Waals surface area contributed by atoms with E-state index >= 15 is 0 Å². The van der Waals surface area contributed by atoms with Gasteiger partial charge in [0.15, 0.2) is 0 Å². The van der Waals surface area contributed by atoms with Gasteiger partial charge in [0.05, 0.1) is 22.4 Å². The van der Waals surface area contributed by atoms with Crippen LogP contribution in [0.5, 0.6) is 11.5 Å². The molecule has 53 heavy (non-hydrogen) atoms. The predicted octanol–water partition coefficient (Wildman–Crippen LogP) is 12.0. The molecule has 3 aromatic heterocycles. The van der Waals surface area contributed by atoms with E-state index < -0.39 is 0 Å². The largest absolute Gasteiger partial charge is 0.458 e. The molecule has 0 saturated carbocycles. The van der Waals surface area contributed by atoms with Crippen LogP contribution in [0.15, 0.2) is 140 Å². The SMILES string of the molecule is CC(C)c1cccc(C(C)C)c1-c1ccc(-[n+]2[c-]n(-c3cccc(Oc4ccc5c6ccccc6n(-c6cc(C(C)(C)C)ccn6)c5c4)c3)cc2)cc1. The number of fused-ring (bicyclic) bond motifs is 3. The first-order valence-electron chi connectivity index (χ1n) is 18.6. The van der Waals surface area contributed by atoms with Crippen molar-refractivity contribution in [3.63, 3.8) is 0 Å². The number of aromatic nitrogens is 4. The summed E-state index contributed by atoms with van der Waals surface area (Å²) in [6.07, 6.45) is 9.48. The summed E-state index contributed by atoms with van der Waals surface area (Å²) < 4.78 is 12.8. The van der Waals surface area contributed by atoms with Gasteiger partial charge in [0, 0.05) is 35.4 Å². The minimum absolute atomic E-state index is 0.00854. The molecule has 0 bridgehead atoms. The number of nitrogens with zero attached hydrogens (tertiary/aromatic N) is 4. The van der Waals surface area contributed by atoms with E-state index in [4.69, 9.17) is 9.72 Å². The van der Waals surface area contributed by atoms with Crippen molar-refractivity contribution in [2.45, 2.75) is 65.7 Å². The summed E-state index contributed by atoms with van der Waals surface area (Å²) >= 11 is 0. The van der Waals surface area contributed by atoms with Crippen LogP contribution in [-0.2, 0) is 5.41 Å². The van der Waals surface area contributed by atoms with Gasteiger partial charge in [-0.1, -0.05) is 103 Å². The fourth-order valence-corrected chi connectivity index (χ4v) is 7.38. The predicted molar refractivity (Wildman–Crippen MR) is 217 cm³/mol. The number of para-hydroxylation sites is 1. The molecule has 0 unspecified atom stereocenters. The van der Waals surface area contributed by atoms with Gasteiger partial charge in [-0.25, -0.2) is 4.98 Å². The van der Waals surface area contributed by atoms with Gasteiger partial charge >= 0.3 is 0 Å². The Kier molecular flexibility index (Phi) is 8.74. The van der Waals surface area contributed by atoms with E-state index in [2.05, 4.69) is 156 Å². The molecule has 0 aliphatic carbocycles. The van der Waals surface area contributed by atoms with Crippen LogP contribution in [0, 0.1) is 6.33 Å². The van der Waals surface area contributed by atoms with E-state index in [0.717, 1.165) is 45.1 Å². The van der Waals surface area contributed by atoms with E-state index in [-0.39, 0.29) is 5.41 Å². The molecule has 0 fully saturated rings. The fraction of sp³-hybridized carbons (Fsp3) is 0.208. The first kappa shape index (κ1) is 34.2. The zero-order chi connectivity index (χ0) is 36.9. The van der Waals surface area contributed by atoms with Crippen molar-refractivity contribution in [1.29, 1.82) is 0 Å². The summed E-state index contributed by atoms with van der Waals surface area (Å²) in [5, 5.41) is 2.35. The monoisotopic (exact) mass is 694 g/mol. The number of imidazole rings is 1. The molecule has 0 atom stereocenters. The molecule has 0 N–H and O–H groups in total. The summed E-state index contributed by atoms with van der Waals surface area (Å²) in [6.45, 7) is 15.8. The minimum Gasteiger partial charge on any atom is -0.458 e. The average Bonchev–Trinajstić information content (AvgIpc) is 3.78. The molecule has 8 aromatic rings. The van der Waals surface area contributed by atoms with Crippen molar-refractivity contribution in [3.05, 3.63) is 163 Å². The zero-order valence-corrected chi connectivity index (χ0v) is 31.6. The molecule has 0 aliphatic heterocycles. The second-order valence-electron chi connectivity index (χ2n) is 15.6. The number of hydrogen-bond acceptors (Lipinski definition) is 2. The average molecular weight is 695 g/mol. The van der Waals surface area contributed by atoms with Crippen LogP contribution in [0.3, 0.4) is 0 Å². The number of pyridine rings is 1. The van der Waals surface area contributed by atoms with Crippen molar-refractivity contribution in [2.24, 2.45) is 0 Å². The first-order chi connectivity index (χ1) is 25.5. The quantitative estimate of drug-likeness (QED) is 0.117. The summed E-state index contributed by atoms with van der Waals surface area (Å²) in [7, 11) is 0. The smallest absolute Gasteiger partial charge is 0.268 e. The first-order valence-corrected chi connectivity index (χ1v) is 18.6. The molecular weight excluding hydrogens is 649 g/mol. The van der Waals surface area contributed by atoms with Gasteiger partial charge in [0.2, 0.25) is 0 Å². The summed E-state index contributed by atoms with van der Waals surface area (Å²) in [5.74, 6) is 3.30. The highest BCUT2D eigenvalue weighted by Gasteiger charge is 2.19. The zero-order valence-electron chi connectivity index (χ0n) is 31.6. The van der Waals surface area contributed by atoms with Crippen molar-refractivity contribution in [1.82, 2.24) is 14.1 Å². The second kappa shape index (κ2) is 13.6. The molecular formula is C48H46N4O. The lowest BCUT2D eigenvalue weighted by molar-refractivity contribution is -0.599. The molecule has 0 aliphatic rings. The Bertz CT molecular complexity index is 2550. The normalized spacial score (nSPS) is 12.0. The second-order valence-corrected chi connectivity index (χ2v) is 15.6. The molecule has 264 valence electrons. The third kappa shape index (κ3) is 6.53. The lowest BCUT2D eigenvalue weighted by Crippen LogP contribution is -2.28. The third-order valence-electron chi connectivity index (χ3n) is 10.2. The van der Waals surface area contributed by atoms with E-state index in [1.54, 1.807) is 0 Å². The van der Waals surface area contributed by atoms with Gasteiger partial charge < -0.3 is 4.74 Å². The Morgan fingerprint density at radius 1 is 0.679 bits per heavy atom. The maximum atomic E-state index is 6.55. The van der Waals surface area contributed by atoms with Crippen LogP contribution < -0.4 is 9.30 Å². The molecule has 0 radical (unpaired) electrons. The molecule has 5 heteroatoms. The van der Waals surface area contributed by atoms with Crippen molar-refractivity contribution in [2.75, 3.05) is 0 Å². The Morgan fingerprint density at radius 3 is 2.11 bits per heavy atom. The van der Waals surface area contributed by atoms with Crippen molar-refractivity contribution >= 4 is 21.8 Å². The highest BCUT2D eigenvalue weighted by atomic mass is 16.5. The lowest BCUT2D eigenvalue weighted by atomic mass is 9.85. The van der Waals surface area contributed by atoms with E-state index in [1.165, 1.54) is 33.2 Å². The highest BCUT2D eigenvalue weighted by molar-refractivity contribution is 6.09. The molecule has 3 heterocycles. The van der Waals surface area contributed by atoms with E-state index in [9.17, 15) is 0 Å². The number of hydrogen-bond donors (Lipinski definition) is 0. The van der Waals surface area contributed by atoms with Crippen LogP contribution in [0.1, 0.15) is 77.0 Å². The molecule has 0 saturated heterocycles. The summed E-state index contributed by atoms with van der Waals surface area (Å²) in [6, 6.07) is 42.8.